The third kappa shape index (κ3) is 5.58. The number of alkyl halides is 6. The van der Waals surface area contributed by atoms with Crippen LogP contribution in [0.15, 0.2) is 36.4 Å². The number of aliphatic hydroxyl groups excluding tert-OH is 1. The normalized spacial score (nSPS) is 14.5. The van der Waals surface area contributed by atoms with Crippen LogP contribution in [0.5, 0.6) is 5.75 Å². The number of rotatable bonds is 5. The maximum atomic E-state index is 13.8. The Hall–Kier alpha value is -3.55. The maximum Gasteiger partial charge on any atom is 0.420 e. The summed E-state index contributed by atoms with van der Waals surface area (Å²) >= 11 is 0. The van der Waals surface area contributed by atoms with E-state index in [-0.39, 0.29) is 37.5 Å². The van der Waals surface area contributed by atoms with E-state index in [1.54, 1.807) is 0 Å². The summed E-state index contributed by atoms with van der Waals surface area (Å²) in [6.07, 6.45) is -12.0. The van der Waals surface area contributed by atoms with Crippen LogP contribution in [0.2, 0.25) is 0 Å². The highest BCUT2D eigenvalue weighted by molar-refractivity contribution is 5.97. The zero-order valence-electron chi connectivity index (χ0n) is 18.0. The fraction of sp³-hybridized carbons (Fsp3) is 0.333. The Morgan fingerprint density at radius 2 is 1.69 bits per heavy atom. The number of nitrogens with zero attached hydrogens (tertiary/aromatic N) is 3. The van der Waals surface area contributed by atoms with E-state index < -0.39 is 59.5 Å². The van der Waals surface area contributed by atoms with Crippen LogP contribution in [-0.4, -0.2) is 55.4 Å². The van der Waals surface area contributed by atoms with Crippen molar-refractivity contribution in [3.8, 4) is 5.75 Å². The van der Waals surface area contributed by atoms with Crippen LogP contribution >= 0.6 is 0 Å². The minimum Gasteiger partial charge on any atom is -0.407 e. The molecular formula is C21H18F7N3O4. The molecule has 0 bridgehead atoms. The molecule has 35 heavy (non-hydrogen) atoms. The van der Waals surface area contributed by atoms with Gasteiger partial charge in [0, 0.05) is 32.4 Å². The number of ether oxygens (including phenoxy) is 1. The first kappa shape index (κ1) is 26.1. The molecule has 1 aliphatic rings. The summed E-state index contributed by atoms with van der Waals surface area (Å²) in [7, 11) is 1.09. The van der Waals surface area contributed by atoms with Gasteiger partial charge in [0.25, 0.3) is 0 Å². The van der Waals surface area contributed by atoms with Crippen LogP contribution < -0.4 is 14.5 Å². The molecule has 0 atom stereocenters. The smallest absolute Gasteiger partial charge is 0.407 e. The first-order valence-corrected chi connectivity index (χ1v) is 9.95. The highest BCUT2D eigenvalue weighted by atomic mass is 19.4. The summed E-state index contributed by atoms with van der Waals surface area (Å²) in [6, 6.07) is 3.31. The monoisotopic (exact) mass is 509 g/mol. The number of halogens is 7. The van der Waals surface area contributed by atoms with Gasteiger partial charge in [-0.15, -0.1) is 0 Å². The zero-order valence-corrected chi connectivity index (χ0v) is 18.0. The van der Waals surface area contributed by atoms with Crippen molar-refractivity contribution in [3.05, 3.63) is 53.3 Å². The molecule has 0 aromatic heterocycles. The predicted octanol–water partition coefficient (Wildman–Crippen LogP) is 4.73. The molecule has 3 amide bonds. The number of carbonyl (C=O) groups excluding carboxylic acids is 2. The van der Waals surface area contributed by atoms with Crippen molar-refractivity contribution >= 4 is 23.5 Å². The molecule has 3 rings (SSSR count). The van der Waals surface area contributed by atoms with Crippen LogP contribution in [0.1, 0.15) is 11.1 Å². The second-order valence-electron chi connectivity index (χ2n) is 7.42. The molecule has 0 unspecified atom stereocenters. The number of amides is 3. The van der Waals surface area contributed by atoms with Gasteiger partial charge in [-0.05, 0) is 36.4 Å². The van der Waals surface area contributed by atoms with E-state index in [1.807, 2.05) is 0 Å². The molecule has 1 N–H and O–H groups in total. The van der Waals surface area contributed by atoms with Crippen molar-refractivity contribution in [1.82, 2.24) is 4.90 Å². The van der Waals surface area contributed by atoms with Crippen molar-refractivity contribution in [3.63, 3.8) is 0 Å². The SMILES string of the molecule is CN(C(=O)Oc1c(N2CCN(CCO)C2=O)cc(C(F)(F)F)cc1C(F)(F)F)c1ccc(F)cc1. The first-order chi connectivity index (χ1) is 16.2. The molecule has 1 aliphatic heterocycles. The minimum absolute atomic E-state index is 0.0183. The highest BCUT2D eigenvalue weighted by Gasteiger charge is 2.44. The summed E-state index contributed by atoms with van der Waals surface area (Å²) < 4.78 is 99.9. The zero-order chi connectivity index (χ0) is 26.1. The van der Waals surface area contributed by atoms with E-state index in [4.69, 9.17) is 9.84 Å². The van der Waals surface area contributed by atoms with Crippen LogP contribution in [-0.2, 0) is 12.4 Å². The number of urea groups is 1. The van der Waals surface area contributed by atoms with Crippen molar-refractivity contribution in [1.29, 1.82) is 0 Å². The van der Waals surface area contributed by atoms with Gasteiger partial charge in [-0.3, -0.25) is 9.80 Å². The van der Waals surface area contributed by atoms with Gasteiger partial charge in [0.1, 0.15) is 11.4 Å². The third-order valence-electron chi connectivity index (χ3n) is 5.13. The van der Waals surface area contributed by atoms with Crippen LogP contribution in [0, 0.1) is 5.82 Å². The lowest BCUT2D eigenvalue weighted by atomic mass is 10.1. The molecule has 0 saturated carbocycles. The highest BCUT2D eigenvalue weighted by Crippen LogP contribution is 2.46. The maximum absolute atomic E-state index is 13.8. The van der Waals surface area contributed by atoms with E-state index in [0.717, 1.165) is 36.2 Å². The van der Waals surface area contributed by atoms with Crippen molar-refractivity contribution < 1.29 is 50.2 Å². The number of anilines is 2. The van der Waals surface area contributed by atoms with Gasteiger partial charge in [-0.25, -0.2) is 14.0 Å². The largest absolute Gasteiger partial charge is 0.420 e. The Bertz CT molecular complexity index is 1100. The standard InChI is InChI=1S/C21H18F7N3O4/c1-29(14-4-2-13(22)3-5-14)19(34)35-17-15(21(26,27)28)10-12(20(23,24)25)11-16(17)31-7-6-30(8-9-32)18(31)33/h2-5,10-11,32H,6-9H2,1H3. The Morgan fingerprint density at radius 3 is 2.23 bits per heavy atom. The molecular weight excluding hydrogens is 491 g/mol. The van der Waals surface area contributed by atoms with E-state index in [9.17, 15) is 40.3 Å². The van der Waals surface area contributed by atoms with E-state index >= 15 is 0 Å². The molecule has 1 heterocycles. The summed E-state index contributed by atoms with van der Waals surface area (Å²) in [5.74, 6) is -1.96. The average molecular weight is 509 g/mol. The lowest BCUT2D eigenvalue weighted by Gasteiger charge is -2.26. The number of aliphatic hydroxyl groups is 1. The number of carbonyl (C=O) groups is 2. The van der Waals surface area contributed by atoms with Gasteiger partial charge in [0.05, 0.1) is 17.9 Å². The molecule has 0 spiro atoms. The number of β-amino-alcohol motifs (C(OH)–C–C–N with tert-alkyl or cyclic N) is 1. The molecule has 2 aromatic rings. The second kappa shape index (κ2) is 9.60. The van der Waals surface area contributed by atoms with Crippen molar-refractivity contribution in [2.75, 3.05) is 43.1 Å². The molecule has 0 aliphatic carbocycles. The van der Waals surface area contributed by atoms with Crippen molar-refractivity contribution in [2.24, 2.45) is 0 Å². The van der Waals surface area contributed by atoms with E-state index in [2.05, 4.69) is 0 Å². The Labute approximate surface area is 193 Å². The Kier molecular flexibility index (Phi) is 7.15. The number of hydrogen-bond donors (Lipinski definition) is 1. The van der Waals surface area contributed by atoms with Crippen LogP contribution in [0.3, 0.4) is 0 Å². The van der Waals surface area contributed by atoms with Crippen LogP contribution in [0.4, 0.5) is 51.7 Å². The summed E-state index contributed by atoms with van der Waals surface area (Å²) in [5.41, 5.74) is -4.53. The van der Waals surface area contributed by atoms with E-state index in [1.165, 1.54) is 0 Å². The molecule has 1 fully saturated rings. The molecule has 2 aromatic carbocycles. The quantitative estimate of drug-likeness (QED) is 0.592. The number of benzene rings is 2. The molecule has 0 radical (unpaired) electrons. The van der Waals surface area contributed by atoms with Crippen LogP contribution in [0.25, 0.3) is 0 Å². The molecule has 14 heteroatoms. The lowest BCUT2D eigenvalue weighted by molar-refractivity contribution is -0.143. The van der Waals surface area contributed by atoms with Gasteiger partial charge in [-0.1, -0.05) is 0 Å². The van der Waals surface area contributed by atoms with Crippen molar-refractivity contribution in [2.45, 2.75) is 12.4 Å². The van der Waals surface area contributed by atoms with Gasteiger partial charge < -0.3 is 14.7 Å². The number of hydrogen-bond acceptors (Lipinski definition) is 4. The Morgan fingerprint density at radius 1 is 1.06 bits per heavy atom. The van der Waals surface area contributed by atoms with E-state index in [0.29, 0.717) is 9.80 Å². The lowest BCUT2D eigenvalue weighted by Crippen LogP contribution is -2.35. The fourth-order valence-corrected chi connectivity index (χ4v) is 3.36. The minimum atomic E-state index is -5.40. The topological polar surface area (TPSA) is 73.3 Å². The molecule has 7 nitrogen and oxygen atoms in total. The average Bonchev–Trinajstić information content (AvgIpc) is 3.12. The first-order valence-electron chi connectivity index (χ1n) is 9.95. The molecule has 1 saturated heterocycles. The van der Waals surface area contributed by atoms with Gasteiger partial charge >= 0.3 is 24.5 Å². The predicted molar refractivity (Wildman–Crippen MR) is 109 cm³/mol. The summed E-state index contributed by atoms with van der Waals surface area (Å²) in [5, 5.41) is 9.05. The van der Waals surface area contributed by atoms with Gasteiger partial charge in [0.2, 0.25) is 0 Å². The van der Waals surface area contributed by atoms with Gasteiger partial charge in [0.15, 0.2) is 5.75 Å². The fourth-order valence-electron chi connectivity index (χ4n) is 3.36. The van der Waals surface area contributed by atoms with Gasteiger partial charge in [-0.2, -0.15) is 26.3 Å². The summed E-state index contributed by atoms with van der Waals surface area (Å²) in [6.45, 7) is -1.11. The molecule has 190 valence electrons. The second-order valence-corrected chi connectivity index (χ2v) is 7.42. The summed E-state index contributed by atoms with van der Waals surface area (Å²) in [4.78, 5) is 27.6. The third-order valence-corrected chi connectivity index (χ3v) is 5.13. The Balaban J connectivity index is 2.13.